The van der Waals surface area contributed by atoms with Crippen molar-refractivity contribution in [2.24, 2.45) is 0 Å². The summed E-state index contributed by atoms with van der Waals surface area (Å²) in [6, 6.07) is 6.21. The summed E-state index contributed by atoms with van der Waals surface area (Å²) in [5, 5.41) is 4.41. The maximum absolute atomic E-state index is 5.34. The lowest BCUT2D eigenvalue weighted by Gasteiger charge is -2.26. The van der Waals surface area contributed by atoms with Crippen molar-refractivity contribution in [3.8, 4) is 0 Å². The van der Waals surface area contributed by atoms with Crippen LogP contribution in [0.25, 0.3) is 10.2 Å². The minimum atomic E-state index is 0.856. The van der Waals surface area contributed by atoms with Crippen LogP contribution in [0.2, 0.25) is 0 Å². The lowest BCUT2D eigenvalue weighted by molar-refractivity contribution is 0.0398. The zero-order valence-electron chi connectivity index (χ0n) is 10.6. The smallest absolute Gasteiger partial charge is 0.183 e. The number of anilines is 1. The van der Waals surface area contributed by atoms with Gasteiger partial charge in [0, 0.05) is 30.7 Å². The predicted molar refractivity (Wildman–Crippen MR) is 83.1 cm³/mol. The predicted octanol–water partition coefficient (Wildman–Crippen LogP) is 2.80. The van der Waals surface area contributed by atoms with E-state index in [4.69, 9.17) is 4.74 Å². The third-order valence-electron chi connectivity index (χ3n) is 3.16. The van der Waals surface area contributed by atoms with Gasteiger partial charge in [0.15, 0.2) is 5.13 Å². The van der Waals surface area contributed by atoms with E-state index in [2.05, 4.69) is 49.3 Å². The van der Waals surface area contributed by atoms with Crippen molar-refractivity contribution in [1.29, 1.82) is 0 Å². The lowest BCUT2D eigenvalue weighted by Crippen LogP contribution is -2.38. The molecule has 4 nitrogen and oxygen atoms in total. The first-order valence-electron chi connectivity index (χ1n) is 6.41. The van der Waals surface area contributed by atoms with E-state index in [1.165, 1.54) is 4.70 Å². The van der Waals surface area contributed by atoms with Crippen molar-refractivity contribution >= 4 is 42.6 Å². The van der Waals surface area contributed by atoms with Gasteiger partial charge in [-0.05, 0) is 18.2 Å². The Balaban J connectivity index is 1.56. The third-order valence-corrected chi connectivity index (χ3v) is 4.64. The number of ether oxygens (including phenoxy) is 1. The molecule has 0 saturated carbocycles. The number of aromatic nitrogens is 1. The highest BCUT2D eigenvalue weighted by Crippen LogP contribution is 2.27. The number of halogens is 1. The van der Waals surface area contributed by atoms with E-state index < -0.39 is 0 Å². The molecular formula is C13H16BrN3OS. The molecule has 102 valence electrons. The summed E-state index contributed by atoms with van der Waals surface area (Å²) in [5.74, 6) is 0. The highest BCUT2D eigenvalue weighted by Gasteiger charge is 2.10. The molecule has 1 aromatic carbocycles. The number of hydrogen-bond donors (Lipinski definition) is 1. The van der Waals surface area contributed by atoms with E-state index in [1.807, 2.05) is 0 Å². The average Bonchev–Trinajstić information content (AvgIpc) is 2.82. The molecule has 0 amide bonds. The minimum Gasteiger partial charge on any atom is -0.379 e. The number of fused-ring (bicyclic) bond motifs is 1. The first-order chi connectivity index (χ1) is 9.31. The number of nitrogens with one attached hydrogen (secondary N) is 1. The summed E-state index contributed by atoms with van der Waals surface area (Å²) in [4.78, 5) is 7.01. The van der Waals surface area contributed by atoms with Crippen LogP contribution in [0.3, 0.4) is 0 Å². The van der Waals surface area contributed by atoms with Gasteiger partial charge in [-0.3, -0.25) is 4.90 Å². The van der Waals surface area contributed by atoms with Crippen LogP contribution >= 0.6 is 27.3 Å². The van der Waals surface area contributed by atoms with Crippen LogP contribution in [-0.2, 0) is 4.74 Å². The van der Waals surface area contributed by atoms with E-state index in [0.29, 0.717) is 0 Å². The van der Waals surface area contributed by atoms with Gasteiger partial charge in [0.25, 0.3) is 0 Å². The molecule has 2 heterocycles. The fourth-order valence-corrected chi connectivity index (χ4v) is 3.34. The zero-order chi connectivity index (χ0) is 13.1. The normalized spacial score (nSPS) is 16.9. The van der Waals surface area contributed by atoms with Gasteiger partial charge >= 0.3 is 0 Å². The van der Waals surface area contributed by atoms with Gasteiger partial charge in [-0.2, -0.15) is 0 Å². The molecule has 1 N–H and O–H groups in total. The van der Waals surface area contributed by atoms with E-state index in [9.17, 15) is 0 Å². The zero-order valence-corrected chi connectivity index (χ0v) is 13.0. The van der Waals surface area contributed by atoms with Crippen LogP contribution in [0.1, 0.15) is 0 Å². The summed E-state index contributed by atoms with van der Waals surface area (Å²) < 4.78 is 7.63. The fraction of sp³-hybridized carbons (Fsp3) is 0.462. The molecule has 1 aliphatic rings. The van der Waals surface area contributed by atoms with Crippen LogP contribution in [0, 0.1) is 0 Å². The molecule has 2 aromatic rings. The van der Waals surface area contributed by atoms with Gasteiger partial charge in [-0.25, -0.2) is 4.98 Å². The Labute approximate surface area is 124 Å². The topological polar surface area (TPSA) is 37.4 Å². The molecule has 0 unspecified atom stereocenters. The second-order valence-electron chi connectivity index (χ2n) is 4.51. The fourth-order valence-electron chi connectivity index (χ4n) is 2.12. The lowest BCUT2D eigenvalue weighted by atomic mass is 10.3. The maximum Gasteiger partial charge on any atom is 0.183 e. The quantitative estimate of drug-likeness (QED) is 0.927. The molecule has 1 aliphatic heterocycles. The van der Waals surface area contributed by atoms with Crippen LogP contribution in [-0.4, -0.2) is 49.3 Å². The Morgan fingerprint density at radius 1 is 1.37 bits per heavy atom. The number of rotatable bonds is 4. The molecule has 0 spiro atoms. The van der Waals surface area contributed by atoms with Crippen molar-refractivity contribution < 1.29 is 4.74 Å². The molecule has 0 atom stereocenters. The molecule has 0 aliphatic carbocycles. The van der Waals surface area contributed by atoms with E-state index in [1.54, 1.807) is 11.3 Å². The number of thiazole rings is 1. The SMILES string of the molecule is Brc1ccc2sc(NCCN3CCOCC3)nc2c1. The van der Waals surface area contributed by atoms with Gasteiger partial charge in [0.2, 0.25) is 0 Å². The van der Waals surface area contributed by atoms with Crippen LogP contribution in [0.5, 0.6) is 0 Å². The first kappa shape index (κ1) is 13.3. The van der Waals surface area contributed by atoms with Crippen molar-refractivity contribution in [3.63, 3.8) is 0 Å². The second-order valence-corrected chi connectivity index (χ2v) is 6.46. The van der Waals surface area contributed by atoms with Crippen molar-refractivity contribution in [1.82, 2.24) is 9.88 Å². The Hall–Kier alpha value is -0.690. The summed E-state index contributed by atoms with van der Waals surface area (Å²) >= 11 is 5.18. The third kappa shape index (κ3) is 3.45. The minimum absolute atomic E-state index is 0.856. The number of nitrogens with zero attached hydrogens (tertiary/aromatic N) is 2. The van der Waals surface area contributed by atoms with E-state index in [0.717, 1.165) is 54.5 Å². The van der Waals surface area contributed by atoms with E-state index in [-0.39, 0.29) is 0 Å². The molecule has 1 fully saturated rings. The highest BCUT2D eigenvalue weighted by molar-refractivity contribution is 9.10. The second kappa shape index (κ2) is 6.17. The van der Waals surface area contributed by atoms with Crippen molar-refractivity contribution in [2.45, 2.75) is 0 Å². The largest absolute Gasteiger partial charge is 0.379 e. The van der Waals surface area contributed by atoms with Gasteiger partial charge in [0.05, 0.1) is 23.4 Å². The average molecular weight is 342 g/mol. The van der Waals surface area contributed by atoms with Crippen LogP contribution < -0.4 is 5.32 Å². The molecule has 6 heteroatoms. The van der Waals surface area contributed by atoms with Gasteiger partial charge in [-0.1, -0.05) is 27.3 Å². The molecule has 1 aromatic heterocycles. The molecule has 1 saturated heterocycles. The molecule has 19 heavy (non-hydrogen) atoms. The Morgan fingerprint density at radius 2 is 2.21 bits per heavy atom. The molecule has 3 rings (SSSR count). The Kier molecular flexibility index (Phi) is 4.32. The Bertz CT molecular complexity index is 554. The van der Waals surface area contributed by atoms with Crippen LogP contribution in [0.15, 0.2) is 22.7 Å². The molecular weight excluding hydrogens is 326 g/mol. The van der Waals surface area contributed by atoms with Crippen molar-refractivity contribution in [2.75, 3.05) is 44.7 Å². The summed E-state index contributed by atoms with van der Waals surface area (Å²) in [7, 11) is 0. The number of benzene rings is 1. The van der Waals surface area contributed by atoms with Crippen molar-refractivity contribution in [3.05, 3.63) is 22.7 Å². The Morgan fingerprint density at radius 3 is 3.05 bits per heavy atom. The summed E-state index contributed by atoms with van der Waals surface area (Å²) in [5.41, 5.74) is 1.05. The summed E-state index contributed by atoms with van der Waals surface area (Å²) in [6.07, 6.45) is 0. The molecule has 0 radical (unpaired) electrons. The highest BCUT2D eigenvalue weighted by atomic mass is 79.9. The van der Waals surface area contributed by atoms with E-state index >= 15 is 0 Å². The number of morpholine rings is 1. The standard InChI is InChI=1S/C13H16BrN3OS/c14-10-1-2-12-11(9-10)16-13(19-12)15-3-4-17-5-7-18-8-6-17/h1-2,9H,3-8H2,(H,15,16). The van der Waals surface area contributed by atoms with Gasteiger partial charge in [-0.15, -0.1) is 0 Å². The first-order valence-corrected chi connectivity index (χ1v) is 8.02. The maximum atomic E-state index is 5.34. The van der Waals surface area contributed by atoms with Gasteiger partial charge in [0.1, 0.15) is 0 Å². The van der Waals surface area contributed by atoms with Gasteiger partial charge < -0.3 is 10.1 Å². The monoisotopic (exact) mass is 341 g/mol. The summed E-state index contributed by atoms with van der Waals surface area (Å²) in [6.45, 7) is 5.76. The molecule has 0 bridgehead atoms. The number of hydrogen-bond acceptors (Lipinski definition) is 5. The van der Waals surface area contributed by atoms with Crippen LogP contribution in [0.4, 0.5) is 5.13 Å².